The number of para-hydroxylation sites is 2. The summed E-state index contributed by atoms with van der Waals surface area (Å²) in [6.45, 7) is 3.03. The van der Waals surface area contributed by atoms with Crippen LogP contribution in [-0.4, -0.2) is 21.6 Å². The summed E-state index contributed by atoms with van der Waals surface area (Å²) in [6, 6.07) is 15.1. The van der Waals surface area contributed by atoms with E-state index in [0.717, 1.165) is 36.1 Å². The molecule has 22 heavy (non-hydrogen) atoms. The van der Waals surface area contributed by atoms with Gasteiger partial charge in [0.25, 0.3) is 0 Å². The highest BCUT2D eigenvalue weighted by Gasteiger charge is 2.11. The highest BCUT2D eigenvalue weighted by molar-refractivity contribution is 5.90. The Bertz CT molecular complexity index is 786. The summed E-state index contributed by atoms with van der Waals surface area (Å²) in [7, 11) is 0. The van der Waals surface area contributed by atoms with Crippen LogP contribution in [-0.2, 0) is 0 Å². The molecule has 0 bridgehead atoms. The molecule has 4 nitrogen and oxygen atoms in total. The summed E-state index contributed by atoms with van der Waals surface area (Å²) in [6.07, 6.45) is 2.21. The normalized spacial score (nSPS) is 10.8. The lowest BCUT2D eigenvalue weighted by molar-refractivity contribution is 0.477. The van der Waals surface area contributed by atoms with E-state index in [4.69, 9.17) is 0 Å². The van der Waals surface area contributed by atoms with E-state index in [1.807, 2.05) is 36.4 Å². The number of nitrogens with zero attached hydrogens (tertiary/aromatic N) is 2. The van der Waals surface area contributed by atoms with Crippen LogP contribution in [0.3, 0.4) is 0 Å². The minimum absolute atomic E-state index is 0.192. The average molecular weight is 293 g/mol. The molecule has 0 amide bonds. The van der Waals surface area contributed by atoms with Gasteiger partial charge in [-0.25, -0.2) is 9.97 Å². The first-order valence-corrected chi connectivity index (χ1v) is 7.58. The molecular formula is C18H19N3O. The van der Waals surface area contributed by atoms with Crippen molar-refractivity contribution in [3.63, 3.8) is 0 Å². The Kier molecular flexibility index (Phi) is 4.19. The molecule has 0 aliphatic heterocycles. The van der Waals surface area contributed by atoms with Gasteiger partial charge in [-0.1, -0.05) is 37.6 Å². The van der Waals surface area contributed by atoms with Crippen LogP contribution in [0.4, 0.5) is 5.82 Å². The van der Waals surface area contributed by atoms with Crippen LogP contribution in [0, 0.1) is 0 Å². The van der Waals surface area contributed by atoms with Crippen molar-refractivity contribution in [2.45, 2.75) is 19.8 Å². The third-order valence-electron chi connectivity index (χ3n) is 3.57. The molecule has 0 aliphatic carbocycles. The van der Waals surface area contributed by atoms with Gasteiger partial charge >= 0.3 is 0 Å². The predicted molar refractivity (Wildman–Crippen MR) is 90.0 cm³/mol. The second-order valence-corrected chi connectivity index (χ2v) is 5.21. The fourth-order valence-corrected chi connectivity index (χ4v) is 2.38. The number of phenolic OH excluding ortho intramolecular Hbond substituents is 1. The number of hydrogen-bond donors (Lipinski definition) is 2. The highest BCUT2D eigenvalue weighted by Crippen LogP contribution is 2.29. The molecule has 0 saturated carbocycles. The van der Waals surface area contributed by atoms with E-state index in [0.29, 0.717) is 11.4 Å². The van der Waals surface area contributed by atoms with Gasteiger partial charge in [0.15, 0.2) is 5.82 Å². The molecule has 0 unspecified atom stereocenters. The third-order valence-corrected chi connectivity index (χ3v) is 3.57. The van der Waals surface area contributed by atoms with Crippen molar-refractivity contribution in [1.82, 2.24) is 9.97 Å². The summed E-state index contributed by atoms with van der Waals surface area (Å²) in [5.41, 5.74) is 1.52. The lowest BCUT2D eigenvalue weighted by Crippen LogP contribution is -2.05. The SMILES string of the molecule is CCCCNc1nc(-c2ccccc2O)nc2ccccc12. The number of aromatic hydroxyl groups is 1. The summed E-state index contributed by atoms with van der Waals surface area (Å²) < 4.78 is 0. The quantitative estimate of drug-likeness (QED) is 0.692. The molecule has 0 radical (unpaired) electrons. The molecule has 0 atom stereocenters. The Labute approximate surface area is 129 Å². The first-order chi connectivity index (χ1) is 10.8. The largest absolute Gasteiger partial charge is 0.507 e. The van der Waals surface area contributed by atoms with Gasteiger partial charge in [-0.15, -0.1) is 0 Å². The fourth-order valence-electron chi connectivity index (χ4n) is 2.38. The van der Waals surface area contributed by atoms with Gasteiger partial charge in [0.1, 0.15) is 11.6 Å². The Morgan fingerprint density at radius 3 is 2.59 bits per heavy atom. The van der Waals surface area contributed by atoms with Crippen LogP contribution < -0.4 is 5.32 Å². The topological polar surface area (TPSA) is 58.0 Å². The number of anilines is 1. The summed E-state index contributed by atoms with van der Waals surface area (Å²) in [4.78, 5) is 9.21. The summed E-state index contributed by atoms with van der Waals surface area (Å²) >= 11 is 0. The van der Waals surface area contributed by atoms with E-state index in [9.17, 15) is 5.11 Å². The molecule has 1 heterocycles. The maximum Gasteiger partial charge on any atom is 0.165 e. The van der Waals surface area contributed by atoms with Crippen LogP contribution in [0.25, 0.3) is 22.3 Å². The van der Waals surface area contributed by atoms with Gasteiger partial charge in [-0.2, -0.15) is 0 Å². The third kappa shape index (κ3) is 2.86. The molecule has 0 fully saturated rings. The molecule has 3 aromatic rings. The van der Waals surface area contributed by atoms with Crippen molar-refractivity contribution >= 4 is 16.7 Å². The van der Waals surface area contributed by atoms with Gasteiger partial charge in [-0.05, 0) is 30.7 Å². The zero-order chi connectivity index (χ0) is 15.4. The maximum absolute atomic E-state index is 10.0. The van der Waals surface area contributed by atoms with Crippen LogP contribution in [0.15, 0.2) is 48.5 Å². The molecule has 4 heteroatoms. The minimum atomic E-state index is 0.192. The Hall–Kier alpha value is -2.62. The van der Waals surface area contributed by atoms with Crippen molar-refractivity contribution < 1.29 is 5.11 Å². The van der Waals surface area contributed by atoms with E-state index in [-0.39, 0.29) is 5.75 Å². The highest BCUT2D eigenvalue weighted by atomic mass is 16.3. The van der Waals surface area contributed by atoms with Gasteiger partial charge in [0.05, 0.1) is 11.1 Å². The maximum atomic E-state index is 10.0. The van der Waals surface area contributed by atoms with Gasteiger partial charge in [-0.3, -0.25) is 0 Å². The van der Waals surface area contributed by atoms with Crippen molar-refractivity contribution in [3.05, 3.63) is 48.5 Å². The summed E-state index contributed by atoms with van der Waals surface area (Å²) in [5.74, 6) is 1.55. The molecule has 112 valence electrons. The number of hydrogen-bond acceptors (Lipinski definition) is 4. The molecule has 2 aromatic carbocycles. The summed E-state index contributed by atoms with van der Waals surface area (Å²) in [5, 5.41) is 14.4. The number of benzene rings is 2. The van der Waals surface area contributed by atoms with Gasteiger partial charge < -0.3 is 10.4 Å². The van der Waals surface area contributed by atoms with E-state index in [2.05, 4.69) is 22.2 Å². The van der Waals surface area contributed by atoms with E-state index < -0.39 is 0 Å². The van der Waals surface area contributed by atoms with Crippen LogP contribution >= 0.6 is 0 Å². The van der Waals surface area contributed by atoms with E-state index in [1.54, 1.807) is 12.1 Å². The Morgan fingerprint density at radius 1 is 1.00 bits per heavy atom. The van der Waals surface area contributed by atoms with Crippen molar-refractivity contribution in [1.29, 1.82) is 0 Å². The van der Waals surface area contributed by atoms with Gasteiger partial charge in [0, 0.05) is 11.9 Å². The lowest BCUT2D eigenvalue weighted by Gasteiger charge is -2.11. The minimum Gasteiger partial charge on any atom is -0.507 e. The average Bonchev–Trinajstić information content (AvgIpc) is 2.55. The van der Waals surface area contributed by atoms with Crippen molar-refractivity contribution in [2.75, 3.05) is 11.9 Å². The molecular weight excluding hydrogens is 274 g/mol. The van der Waals surface area contributed by atoms with Crippen molar-refractivity contribution in [2.24, 2.45) is 0 Å². The monoisotopic (exact) mass is 293 g/mol. The lowest BCUT2D eigenvalue weighted by atomic mass is 10.1. The van der Waals surface area contributed by atoms with Crippen molar-refractivity contribution in [3.8, 4) is 17.1 Å². The number of rotatable bonds is 5. The number of unbranched alkanes of at least 4 members (excludes halogenated alkanes) is 1. The first-order valence-electron chi connectivity index (χ1n) is 7.58. The molecule has 2 N–H and O–H groups in total. The fraction of sp³-hybridized carbons (Fsp3) is 0.222. The number of nitrogens with one attached hydrogen (secondary N) is 1. The standard InChI is InChI=1S/C18H19N3O/c1-2-3-12-19-17-13-8-4-6-10-15(13)20-18(21-17)14-9-5-7-11-16(14)22/h4-11,22H,2-3,12H2,1H3,(H,19,20,21). The molecule has 3 rings (SSSR count). The van der Waals surface area contributed by atoms with Gasteiger partial charge in [0.2, 0.25) is 0 Å². The van der Waals surface area contributed by atoms with Crippen LogP contribution in [0.1, 0.15) is 19.8 Å². The predicted octanol–water partition coefficient (Wildman–Crippen LogP) is 4.21. The smallest absolute Gasteiger partial charge is 0.165 e. The second kappa shape index (κ2) is 6.43. The molecule has 0 saturated heterocycles. The number of aromatic nitrogens is 2. The molecule has 0 aliphatic rings. The number of fused-ring (bicyclic) bond motifs is 1. The Balaban J connectivity index is 2.10. The van der Waals surface area contributed by atoms with E-state index >= 15 is 0 Å². The van der Waals surface area contributed by atoms with Crippen LogP contribution in [0.2, 0.25) is 0 Å². The molecule has 1 aromatic heterocycles. The Morgan fingerprint density at radius 2 is 1.77 bits per heavy atom. The zero-order valence-electron chi connectivity index (χ0n) is 12.6. The zero-order valence-corrected chi connectivity index (χ0v) is 12.6. The van der Waals surface area contributed by atoms with E-state index in [1.165, 1.54) is 0 Å². The number of phenols is 1. The molecule has 0 spiro atoms. The first kappa shape index (κ1) is 14.3. The van der Waals surface area contributed by atoms with Crippen LogP contribution in [0.5, 0.6) is 5.75 Å². The second-order valence-electron chi connectivity index (χ2n) is 5.21.